The average Bonchev–Trinajstić information content (AvgIpc) is 2.35. The fraction of sp³-hybridized carbons (Fsp3) is 0.583. The van der Waals surface area contributed by atoms with Gasteiger partial charge in [0.25, 0.3) is 0 Å². The van der Waals surface area contributed by atoms with Gasteiger partial charge in [0.05, 0.1) is 6.54 Å². The number of aromatic nitrogens is 2. The average molecular weight is 252 g/mol. The molecular formula is C12H20N4O2. The first-order chi connectivity index (χ1) is 8.63. The molecule has 6 nitrogen and oxygen atoms in total. The summed E-state index contributed by atoms with van der Waals surface area (Å²) in [7, 11) is 0. The van der Waals surface area contributed by atoms with E-state index in [2.05, 4.69) is 15.3 Å². The molecule has 0 bridgehead atoms. The number of nitrogens with one attached hydrogen (secondary N) is 1. The second kappa shape index (κ2) is 7.73. The summed E-state index contributed by atoms with van der Waals surface area (Å²) in [5, 5.41) is 11.5. The molecule has 0 saturated carbocycles. The van der Waals surface area contributed by atoms with Gasteiger partial charge in [-0.25, -0.2) is 9.97 Å². The van der Waals surface area contributed by atoms with Gasteiger partial charge < -0.3 is 5.11 Å². The second-order valence-corrected chi connectivity index (χ2v) is 4.26. The summed E-state index contributed by atoms with van der Waals surface area (Å²) in [5.41, 5.74) is 0. The lowest BCUT2D eigenvalue weighted by Crippen LogP contribution is -2.39. The molecule has 0 unspecified atom stereocenters. The zero-order valence-corrected chi connectivity index (χ0v) is 10.8. The lowest BCUT2D eigenvalue weighted by atomic mass is 10.3. The molecule has 18 heavy (non-hydrogen) atoms. The van der Waals surface area contributed by atoms with E-state index in [1.54, 1.807) is 18.5 Å². The Morgan fingerprint density at radius 1 is 1.44 bits per heavy atom. The normalized spacial score (nSPS) is 10.9. The minimum Gasteiger partial charge on any atom is -0.396 e. The van der Waals surface area contributed by atoms with Gasteiger partial charge in [-0.05, 0) is 26.3 Å². The molecule has 0 atom stereocenters. The smallest absolute Gasteiger partial charge is 0.240 e. The van der Waals surface area contributed by atoms with Gasteiger partial charge in [0.15, 0.2) is 0 Å². The van der Waals surface area contributed by atoms with Crippen molar-refractivity contribution in [3.05, 3.63) is 18.5 Å². The van der Waals surface area contributed by atoms with Crippen LogP contribution < -0.4 is 5.32 Å². The molecule has 0 aliphatic carbocycles. The number of carbonyl (C=O) groups excluding carboxylic acids is 1. The van der Waals surface area contributed by atoms with Crippen LogP contribution in [0.5, 0.6) is 0 Å². The third-order valence-electron chi connectivity index (χ3n) is 2.50. The number of aliphatic hydroxyl groups is 1. The lowest BCUT2D eigenvalue weighted by molar-refractivity contribution is -0.117. The van der Waals surface area contributed by atoms with Crippen LogP contribution >= 0.6 is 0 Å². The van der Waals surface area contributed by atoms with Gasteiger partial charge in [-0.15, -0.1) is 0 Å². The van der Waals surface area contributed by atoms with E-state index in [9.17, 15) is 4.79 Å². The van der Waals surface area contributed by atoms with Crippen LogP contribution in [0, 0.1) is 0 Å². The van der Waals surface area contributed by atoms with Crippen LogP contribution in [-0.2, 0) is 4.79 Å². The van der Waals surface area contributed by atoms with E-state index >= 15 is 0 Å². The number of amides is 1. The van der Waals surface area contributed by atoms with E-state index < -0.39 is 0 Å². The van der Waals surface area contributed by atoms with E-state index in [0.717, 1.165) is 0 Å². The van der Waals surface area contributed by atoms with E-state index in [1.165, 1.54) is 0 Å². The summed E-state index contributed by atoms with van der Waals surface area (Å²) >= 11 is 0. The molecule has 0 radical (unpaired) electrons. The summed E-state index contributed by atoms with van der Waals surface area (Å²) in [5.74, 6) is 0.168. The summed E-state index contributed by atoms with van der Waals surface area (Å²) in [6.45, 7) is 5.13. The highest BCUT2D eigenvalue weighted by Crippen LogP contribution is 2.01. The van der Waals surface area contributed by atoms with Gasteiger partial charge in [-0.1, -0.05) is 0 Å². The predicted molar refractivity (Wildman–Crippen MR) is 69.1 cm³/mol. The Morgan fingerprint density at radius 3 is 2.67 bits per heavy atom. The number of nitrogens with zero attached hydrogens (tertiary/aromatic N) is 3. The molecule has 6 heteroatoms. The summed E-state index contributed by atoms with van der Waals surface area (Å²) in [4.78, 5) is 21.7. The number of anilines is 1. The van der Waals surface area contributed by atoms with Crippen molar-refractivity contribution in [2.24, 2.45) is 0 Å². The molecule has 0 aliphatic rings. The number of rotatable bonds is 7. The van der Waals surface area contributed by atoms with E-state index in [4.69, 9.17) is 5.11 Å². The molecule has 1 aromatic rings. The van der Waals surface area contributed by atoms with Crippen molar-refractivity contribution < 1.29 is 9.90 Å². The number of hydrogen-bond donors (Lipinski definition) is 2. The first-order valence-electron chi connectivity index (χ1n) is 6.05. The largest absolute Gasteiger partial charge is 0.396 e. The summed E-state index contributed by atoms with van der Waals surface area (Å²) in [6, 6.07) is 1.94. The maximum atomic E-state index is 11.8. The Balaban J connectivity index is 2.46. The van der Waals surface area contributed by atoms with Gasteiger partial charge >= 0.3 is 0 Å². The maximum absolute atomic E-state index is 11.8. The maximum Gasteiger partial charge on any atom is 0.240 e. The third kappa shape index (κ3) is 5.20. The molecule has 1 amide bonds. The van der Waals surface area contributed by atoms with Crippen LogP contribution in [0.25, 0.3) is 0 Å². The number of carbonyl (C=O) groups is 1. The first kappa shape index (κ1) is 14.5. The van der Waals surface area contributed by atoms with Crippen molar-refractivity contribution in [2.75, 3.05) is 25.0 Å². The highest BCUT2D eigenvalue weighted by molar-refractivity contribution is 5.90. The van der Waals surface area contributed by atoms with Crippen molar-refractivity contribution in [1.82, 2.24) is 14.9 Å². The molecule has 0 spiro atoms. The molecule has 0 aromatic carbocycles. The highest BCUT2D eigenvalue weighted by atomic mass is 16.3. The van der Waals surface area contributed by atoms with Gasteiger partial charge in [0, 0.05) is 31.6 Å². The molecule has 0 saturated heterocycles. The van der Waals surface area contributed by atoms with Crippen LogP contribution in [0.3, 0.4) is 0 Å². The van der Waals surface area contributed by atoms with Crippen molar-refractivity contribution in [3.63, 3.8) is 0 Å². The lowest BCUT2D eigenvalue weighted by Gasteiger charge is -2.25. The van der Waals surface area contributed by atoms with Crippen molar-refractivity contribution in [1.29, 1.82) is 0 Å². The van der Waals surface area contributed by atoms with Gasteiger partial charge in [0.1, 0.15) is 0 Å². The zero-order chi connectivity index (χ0) is 13.4. The Hall–Kier alpha value is -1.53. The second-order valence-electron chi connectivity index (χ2n) is 4.26. The molecular weight excluding hydrogens is 232 g/mol. The Bertz CT molecular complexity index is 356. The number of aliphatic hydroxyl groups excluding tert-OH is 1. The highest BCUT2D eigenvalue weighted by Gasteiger charge is 2.14. The quantitative estimate of drug-likeness (QED) is 0.739. The molecule has 2 N–H and O–H groups in total. The van der Waals surface area contributed by atoms with Gasteiger partial charge in [-0.2, -0.15) is 0 Å². The monoisotopic (exact) mass is 252 g/mol. The van der Waals surface area contributed by atoms with Crippen LogP contribution in [-0.4, -0.2) is 51.6 Å². The summed E-state index contributed by atoms with van der Waals surface area (Å²) < 4.78 is 0. The molecule has 100 valence electrons. The van der Waals surface area contributed by atoms with Crippen molar-refractivity contribution in [3.8, 4) is 0 Å². The van der Waals surface area contributed by atoms with E-state index in [-0.39, 0.29) is 25.1 Å². The van der Waals surface area contributed by atoms with Crippen LogP contribution in [0.4, 0.5) is 5.95 Å². The van der Waals surface area contributed by atoms with E-state index in [1.807, 2.05) is 18.7 Å². The van der Waals surface area contributed by atoms with E-state index in [0.29, 0.717) is 18.9 Å². The van der Waals surface area contributed by atoms with Gasteiger partial charge in [-0.3, -0.25) is 15.0 Å². The van der Waals surface area contributed by atoms with Crippen LogP contribution in [0.15, 0.2) is 18.5 Å². The molecule has 1 heterocycles. The number of hydrogen-bond acceptors (Lipinski definition) is 5. The zero-order valence-electron chi connectivity index (χ0n) is 10.8. The van der Waals surface area contributed by atoms with Crippen molar-refractivity contribution in [2.45, 2.75) is 26.3 Å². The minimum atomic E-state index is -0.146. The van der Waals surface area contributed by atoms with Crippen molar-refractivity contribution >= 4 is 11.9 Å². The Morgan fingerprint density at radius 2 is 2.11 bits per heavy atom. The fourth-order valence-electron chi connectivity index (χ4n) is 1.51. The van der Waals surface area contributed by atoms with Gasteiger partial charge in [0.2, 0.25) is 11.9 Å². The standard InChI is InChI=1S/C12H20N4O2/c1-10(2)16(7-4-8-17)9-11(18)15-12-13-5-3-6-14-12/h3,5-6,10,17H,4,7-9H2,1-2H3,(H,13,14,15,18). The van der Waals surface area contributed by atoms with Crippen LogP contribution in [0.1, 0.15) is 20.3 Å². The fourth-order valence-corrected chi connectivity index (χ4v) is 1.51. The molecule has 0 fully saturated rings. The summed E-state index contributed by atoms with van der Waals surface area (Å²) in [6.07, 6.45) is 3.82. The van der Waals surface area contributed by atoms with Crippen LogP contribution in [0.2, 0.25) is 0 Å². The topological polar surface area (TPSA) is 78.4 Å². The molecule has 1 aromatic heterocycles. The third-order valence-corrected chi connectivity index (χ3v) is 2.50. The molecule has 0 aliphatic heterocycles. The first-order valence-corrected chi connectivity index (χ1v) is 6.05. The Labute approximate surface area is 107 Å². The molecule has 1 rings (SSSR count). The Kier molecular flexibility index (Phi) is 6.24. The minimum absolute atomic E-state index is 0.132. The predicted octanol–water partition coefficient (Wildman–Crippen LogP) is 0.508. The SMILES string of the molecule is CC(C)N(CCCO)CC(=O)Nc1ncccn1.